The number of aliphatic imine (C=N–C) groups is 1. The summed E-state index contributed by atoms with van der Waals surface area (Å²) < 4.78 is 5.46. The Morgan fingerprint density at radius 3 is 2.39 bits per heavy atom. The fourth-order valence-corrected chi connectivity index (χ4v) is 6.69. The summed E-state index contributed by atoms with van der Waals surface area (Å²) in [6.07, 6.45) is 7.83. The van der Waals surface area contributed by atoms with Gasteiger partial charge in [0, 0.05) is 17.6 Å². The maximum absolute atomic E-state index is 14.1. The summed E-state index contributed by atoms with van der Waals surface area (Å²) in [5.41, 5.74) is 3.17. The highest BCUT2D eigenvalue weighted by Gasteiger charge is 2.55. The second-order valence-electron chi connectivity index (χ2n) is 11.2. The lowest BCUT2D eigenvalue weighted by atomic mass is 9.68. The van der Waals surface area contributed by atoms with E-state index in [0.29, 0.717) is 12.5 Å². The Labute approximate surface area is 215 Å². The van der Waals surface area contributed by atoms with Crippen molar-refractivity contribution in [3.63, 3.8) is 0 Å². The van der Waals surface area contributed by atoms with E-state index >= 15 is 0 Å². The van der Waals surface area contributed by atoms with Gasteiger partial charge < -0.3 is 9.64 Å². The van der Waals surface area contributed by atoms with E-state index < -0.39 is 0 Å². The second kappa shape index (κ2) is 9.89. The molecule has 2 amide bonds. The Balaban J connectivity index is 1.48. The minimum Gasteiger partial charge on any atom is -0.497 e. The minimum atomic E-state index is -0.139. The number of amides is 2. The molecule has 6 heteroatoms. The SMILES string of the molecule is C=NCc1cc(OC)ccc1N1CC2(CCC(c3ccccc3)(N(C)C)CC2)N(CC2CCC2)C1=O. The van der Waals surface area contributed by atoms with Crippen LogP contribution in [-0.2, 0) is 12.1 Å². The summed E-state index contributed by atoms with van der Waals surface area (Å²) in [4.78, 5) is 24.9. The molecule has 2 aromatic rings. The number of carbonyl (C=O) groups excluding carboxylic acids is 1. The molecule has 1 heterocycles. The third-order valence-electron chi connectivity index (χ3n) is 9.19. The highest BCUT2D eigenvalue weighted by Crippen LogP contribution is 2.50. The van der Waals surface area contributed by atoms with Crippen molar-refractivity contribution in [3.05, 3.63) is 59.7 Å². The van der Waals surface area contributed by atoms with Crippen LogP contribution in [0.5, 0.6) is 5.75 Å². The van der Waals surface area contributed by atoms with Gasteiger partial charge in [0.15, 0.2) is 0 Å². The zero-order valence-electron chi connectivity index (χ0n) is 22.1. The number of urea groups is 1. The van der Waals surface area contributed by atoms with Gasteiger partial charge in [-0.15, -0.1) is 0 Å². The Morgan fingerprint density at radius 1 is 1.08 bits per heavy atom. The molecule has 2 saturated carbocycles. The smallest absolute Gasteiger partial charge is 0.325 e. The zero-order chi connectivity index (χ0) is 25.3. The summed E-state index contributed by atoms with van der Waals surface area (Å²) in [5, 5.41) is 0. The predicted molar refractivity (Wildman–Crippen MR) is 146 cm³/mol. The third kappa shape index (κ3) is 4.19. The van der Waals surface area contributed by atoms with E-state index in [0.717, 1.165) is 55.8 Å². The van der Waals surface area contributed by atoms with Crippen LogP contribution in [0.15, 0.2) is 53.5 Å². The molecule has 1 saturated heterocycles. The lowest BCUT2D eigenvalue weighted by molar-refractivity contribution is 0.0172. The Morgan fingerprint density at radius 2 is 1.81 bits per heavy atom. The monoisotopic (exact) mass is 488 g/mol. The number of hydrogen-bond acceptors (Lipinski definition) is 4. The maximum Gasteiger partial charge on any atom is 0.325 e. The van der Waals surface area contributed by atoms with Crippen LogP contribution < -0.4 is 9.64 Å². The van der Waals surface area contributed by atoms with Crippen LogP contribution in [0.25, 0.3) is 0 Å². The summed E-state index contributed by atoms with van der Waals surface area (Å²) in [7, 11) is 6.08. The summed E-state index contributed by atoms with van der Waals surface area (Å²) in [6, 6.07) is 17.0. The molecule has 2 aromatic carbocycles. The fraction of sp³-hybridized carbons (Fsp3) is 0.533. The maximum atomic E-state index is 14.1. The highest BCUT2D eigenvalue weighted by molar-refractivity contribution is 5.96. The molecule has 3 fully saturated rings. The molecule has 0 radical (unpaired) electrons. The van der Waals surface area contributed by atoms with E-state index in [1.807, 2.05) is 23.1 Å². The molecule has 6 nitrogen and oxygen atoms in total. The highest BCUT2D eigenvalue weighted by atomic mass is 16.5. The number of nitrogens with zero attached hydrogens (tertiary/aromatic N) is 4. The lowest BCUT2D eigenvalue weighted by Gasteiger charge is -2.51. The van der Waals surface area contributed by atoms with Crippen LogP contribution in [0.3, 0.4) is 0 Å². The van der Waals surface area contributed by atoms with E-state index in [4.69, 9.17) is 4.74 Å². The van der Waals surface area contributed by atoms with Gasteiger partial charge in [-0.1, -0.05) is 36.8 Å². The second-order valence-corrected chi connectivity index (χ2v) is 11.2. The van der Waals surface area contributed by atoms with Crippen LogP contribution in [0, 0.1) is 5.92 Å². The number of rotatable bonds is 8. The number of ether oxygens (including phenoxy) is 1. The van der Waals surface area contributed by atoms with Crippen molar-refractivity contribution in [2.24, 2.45) is 10.9 Å². The normalized spacial score (nSPS) is 26.5. The van der Waals surface area contributed by atoms with Crippen molar-refractivity contribution < 1.29 is 9.53 Å². The van der Waals surface area contributed by atoms with Gasteiger partial charge in [-0.3, -0.25) is 14.8 Å². The van der Waals surface area contributed by atoms with Gasteiger partial charge in [0.25, 0.3) is 0 Å². The Bertz CT molecular complexity index is 1090. The first-order chi connectivity index (χ1) is 17.4. The average molecular weight is 489 g/mol. The van der Waals surface area contributed by atoms with Gasteiger partial charge in [-0.25, -0.2) is 4.79 Å². The topological polar surface area (TPSA) is 48.4 Å². The minimum absolute atomic E-state index is 0.00313. The molecule has 36 heavy (non-hydrogen) atoms. The van der Waals surface area contributed by atoms with E-state index in [2.05, 4.69) is 65.9 Å². The first kappa shape index (κ1) is 24.8. The molecular weight excluding hydrogens is 448 g/mol. The van der Waals surface area contributed by atoms with Crippen LogP contribution >= 0.6 is 0 Å². The van der Waals surface area contributed by atoms with Crippen molar-refractivity contribution in [1.82, 2.24) is 9.80 Å². The van der Waals surface area contributed by atoms with Gasteiger partial charge in [0.2, 0.25) is 0 Å². The number of methoxy groups -OCH3 is 1. The molecule has 0 bridgehead atoms. The van der Waals surface area contributed by atoms with Crippen molar-refractivity contribution in [1.29, 1.82) is 0 Å². The Hall–Kier alpha value is -2.86. The third-order valence-corrected chi connectivity index (χ3v) is 9.19. The molecule has 0 N–H and O–H groups in total. The lowest BCUT2D eigenvalue weighted by Crippen LogP contribution is -2.56. The standard InChI is InChI=1S/C30H40N4O2/c1-31-20-24-19-26(36-4)13-14-27(24)33-22-29(34(28(33)35)21-23-9-8-10-23)15-17-30(18-16-29,32(2)3)25-11-6-5-7-12-25/h5-7,11-14,19,23H,1,8-10,15-18,20-22H2,2-4H3. The van der Waals surface area contributed by atoms with Crippen LogP contribution in [0.2, 0.25) is 0 Å². The molecule has 1 aliphatic heterocycles. The molecular formula is C30H40N4O2. The number of anilines is 1. The fourth-order valence-electron chi connectivity index (χ4n) is 6.69. The Kier molecular flexibility index (Phi) is 6.82. The van der Waals surface area contributed by atoms with E-state index in [1.54, 1.807) is 7.11 Å². The van der Waals surface area contributed by atoms with Gasteiger partial charge in [-0.2, -0.15) is 0 Å². The van der Waals surface area contributed by atoms with Crippen molar-refractivity contribution in [3.8, 4) is 5.75 Å². The van der Waals surface area contributed by atoms with Crippen LogP contribution in [0.1, 0.15) is 56.1 Å². The van der Waals surface area contributed by atoms with Crippen molar-refractivity contribution >= 4 is 18.4 Å². The van der Waals surface area contributed by atoms with Gasteiger partial charge in [0.05, 0.1) is 31.4 Å². The van der Waals surface area contributed by atoms with Crippen molar-refractivity contribution in [2.75, 3.05) is 39.2 Å². The molecule has 5 rings (SSSR count). The number of carbonyl (C=O) groups is 1. The molecule has 0 atom stereocenters. The first-order valence-corrected chi connectivity index (χ1v) is 13.3. The van der Waals surface area contributed by atoms with E-state index in [-0.39, 0.29) is 17.1 Å². The molecule has 192 valence electrons. The van der Waals surface area contributed by atoms with Crippen LogP contribution in [0.4, 0.5) is 10.5 Å². The molecule has 2 aliphatic carbocycles. The van der Waals surface area contributed by atoms with Gasteiger partial charge in [-0.05, 0) is 89.0 Å². The molecule has 1 spiro atoms. The number of hydrogen-bond donors (Lipinski definition) is 0. The van der Waals surface area contributed by atoms with E-state index in [9.17, 15) is 4.79 Å². The summed E-state index contributed by atoms with van der Waals surface area (Å²) in [6.45, 7) is 5.77. The van der Waals surface area contributed by atoms with Gasteiger partial charge in [0.1, 0.15) is 5.75 Å². The van der Waals surface area contributed by atoms with Gasteiger partial charge >= 0.3 is 6.03 Å². The van der Waals surface area contributed by atoms with E-state index in [1.165, 1.54) is 24.8 Å². The largest absolute Gasteiger partial charge is 0.497 e. The molecule has 0 unspecified atom stereocenters. The first-order valence-electron chi connectivity index (χ1n) is 13.3. The van der Waals surface area contributed by atoms with Crippen molar-refractivity contribution in [2.45, 2.75) is 62.6 Å². The summed E-state index contributed by atoms with van der Waals surface area (Å²) >= 11 is 0. The van der Waals surface area contributed by atoms with Crippen LogP contribution in [-0.4, -0.2) is 62.4 Å². The average Bonchev–Trinajstić information content (AvgIpc) is 3.13. The quantitative estimate of drug-likeness (QED) is 0.447. The predicted octanol–water partition coefficient (Wildman–Crippen LogP) is 5.71. The number of benzene rings is 2. The zero-order valence-corrected chi connectivity index (χ0v) is 22.1. The summed E-state index contributed by atoms with van der Waals surface area (Å²) in [5.74, 6) is 1.41. The molecule has 3 aliphatic rings. The molecule has 0 aromatic heterocycles.